The predicted octanol–water partition coefficient (Wildman–Crippen LogP) is 0.697. The van der Waals surface area contributed by atoms with Gasteiger partial charge in [0.25, 0.3) is 5.91 Å². The number of thiophene rings is 1. The number of rotatable bonds is 8. The van der Waals surface area contributed by atoms with Crippen molar-refractivity contribution < 1.29 is 14.3 Å². The number of ether oxygens (including phenoxy) is 2. The quantitative estimate of drug-likeness (QED) is 0.756. The van der Waals surface area contributed by atoms with E-state index in [4.69, 9.17) is 15.2 Å². The van der Waals surface area contributed by atoms with E-state index in [1.807, 2.05) is 17.5 Å². The van der Waals surface area contributed by atoms with Gasteiger partial charge in [0, 0.05) is 32.2 Å². The van der Waals surface area contributed by atoms with Crippen molar-refractivity contribution >= 4 is 17.2 Å². The van der Waals surface area contributed by atoms with Gasteiger partial charge in [-0.25, -0.2) is 0 Å². The highest BCUT2D eigenvalue weighted by molar-refractivity contribution is 7.09. The summed E-state index contributed by atoms with van der Waals surface area (Å²) in [6.07, 6.45) is -0.582. The topological polar surface area (TPSA) is 64.8 Å². The molecule has 0 fully saturated rings. The number of hydrogen-bond acceptors (Lipinski definition) is 5. The van der Waals surface area contributed by atoms with Gasteiger partial charge in [0.1, 0.15) is 6.10 Å². The van der Waals surface area contributed by atoms with E-state index < -0.39 is 6.10 Å². The molecular formula is C12H20N2O3S. The molecule has 6 heteroatoms. The number of carbonyl (C=O) groups excluding carboxylic acids is 1. The maximum atomic E-state index is 12.2. The Kier molecular flexibility index (Phi) is 6.89. The van der Waals surface area contributed by atoms with E-state index in [2.05, 4.69) is 0 Å². The minimum atomic E-state index is -0.582. The Bertz CT molecular complexity index is 339. The molecule has 0 saturated heterocycles. The first-order valence-electron chi connectivity index (χ1n) is 5.75. The minimum absolute atomic E-state index is 0.0922. The molecule has 0 spiro atoms. The van der Waals surface area contributed by atoms with Crippen LogP contribution in [-0.4, -0.2) is 50.8 Å². The van der Waals surface area contributed by atoms with Gasteiger partial charge in [-0.2, -0.15) is 0 Å². The maximum absolute atomic E-state index is 12.2. The SMILES string of the molecule is COCCN(Cc1cccs1)C(=O)C(CN)OC. The van der Waals surface area contributed by atoms with Crippen molar-refractivity contribution in [2.24, 2.45) is 5.73 Å². The molecule has 0 saturated carbocycles. The lowest BCUT2D eigenvalue weighted by molar-refractivity contribution is -0.142. The monoisotopic (exact) mass is 272 g/mol. The molecule has 0 aliphatic heterocycles. The molecule has 0 aliphatic carbocycles. The first-order chi connectivity index (χ1) is 8.72. The molecule has 0 bridgehead atoms. The van der Waals surface area contributed by atoms with Gasteiger partial charge in [-0.15, -0.1) is 11.3 Å². The Morgan fingerprint density at radius 1 is 1.56 bits per heavy atom. The Morgan fingerprint density at radius 2 is 2.33 bits per heavy atom. The van der Waals surface area contributed by atoms with Crippen LogP contribution in [0, 0.1) is 0 Å². The van der Waals surface area contributed by atoms with Crippen LogP contribution in [0.25, 0.3) is 0 Å². The molecule has 5 nitrogen and oxygen atoms in total. The second kappa shape index (κ2) is 8.20. The molecule has 0 radical (unpaired) electrons. The maximum Gasteiger partial charge on any atom is 0.253 e. The molecular weight excluding hydrogens is 252 g/mol. The Hall–Kier alpha value is -0.950. The van der Waals surface area contributed by atoms with Gasteiger partial charge in [-0.05, 0) is 11.4 Å². The summed E-state index contributed by atoms with van der Waals surface area (Å²) in [6.45, 7) is 1.79. The largest absolute Gasteiger partial charge is 0.383 e. The first-order valence-corrected chi connectivity index (χ1v) is 6.63. The van der Waals surface area contributed by atoms with Crippen LogP contribution in [0.5, 0.6) is 0 Å². The zero-order chi connectivity index (χ0) is 13.4. The van der Waals surface area contributed by atoms with Crippen LogP contribution in [0.3, 0.4) is 0 Å². The fraction of sp³-hybridized carbons (Fsp3) is 0.583. The van der Waals surface area contributed by atoms with Crippen LogP contribution in [0.4, 0.5) is 0 Å². The average Bonchev–Trinajstić information content (AvgIpc) is 2.88. The van der Waals surface area contributed by atoms with Crippen molar-refractivity contribution in [3.05, 3.63) is 22.4 Å². The molecule has 102 valence electrons. The van der Waals surface area contributed by atoms with Crippen LogP contribution in [0.15, 0.2) is 17.5 Å². The molecule has 1 rings (SSSR count). The lowest BCUT2D eigenvalue weighted by Crippen LogP contribution is -2.44. The van der Waals surface area contributed by atoms with E-state index in [-0.39, 0.29) is 12.5 Å². The second-order valence-electron chi connectivity index (χ2n) is 3.79. The summed E-state index contributed by atoms with van der Waals surface area (Å²) in [4.78, 5) is 15.1. The molecule has 1 unspecified atom stereocenters. The molecule has 0 aliphatic rings. The number of methoxy groups -OCH3 is 2. The van der Waals surface area contributed by atoms with Gasteiger partial charge < -0.3 is 20.1 Å². The summed E-state index contributed by atoms with van der Waals surface area (Å²) in [5.41, 5.74) is 5.52. The number of hydrogen-bond donors (Lipinski definition) is 1. The zero-order valence-corrected chi connectivity index (χ0v) is 11.6. The van der Waals surface area contributed by atoms with Gasteiger partial charge in [-0.1, -0.05) is 6.07 Å². The third-order valence-corrected chi connectivity index (χ3v) is 3.44. The highest BCUT2D eigenvalue weighted by atomic mass is 32.1. The molecule has 0 aromatic carbocycles. The summed E-state index contributed by atoms with van der Waals surface area (Å²) in [7, 11) is 3.11. The van der Waals surface area contributed by atoms with E-state index in [9.17, 15) is 4.79 Å². The van der Waals surface area contributed by atoms with Crippen molar-refractivity contribution in [1.29, 1.82) is 0 Å². The van der Waals surface area contributed by atoms with E-state index in [0.29, 0.717) is 19.7 Å². The van der Waals surface area contributed by atoms with Gasteiger partial charge in [-0.3, -0.25) is 4.79 Å². The lowest BCUT2D eigenvalue weighted by Gasteiger charge is -2.25. The number of amides is 1. The summed E-state index contributed by atoms with van der Waals surface area (Å²) in [6, 6.07) is 3.97. The van der Waals surface area contributed by atoms with Crippen LogP contribution in [0.1, 0.15) is 4.88 Å². The fourth-order valence-electron chi connectivity index (χ4n) is 1.56. The summed E-state index contributed by atoms with van der Waals surface area (Å²) < 4.78 is 10.1. The predicted molar refractivity (Wildman–Crippen MR) is 71.5 cm³/mol. The Balaban J connectivity index is 2.67. The molecule has 1 aromatic rings. The van der Waals surface area contributed by atoms with Gasteiger partial charge in [0.05, 0.1) is 13.2 Å². The summed E-state index contributed by atoms with van der Waals surface area (Å²) in [5, 5.41) is 1.99. The van der Waals surface area contributed by atoms with Crippen molar-refractivity contribution in [2.45, 2.75) is 12.6 Å². The van der Waals surface area contributed by atoms with Gasteiger partial charge in [0.2, 0.25) is 0 Å². The number of nitrogens with zero attached hydrogens (tertiary/aromatic N) is 1. The second-order valence-corrected chi connectivity index (χ2v) is 4.82. The van der Waals surface area contributed by atoms with Crippen LogP contribution in [-0.2, 0) is 20.8 Å². The van der Waals surface area contributed by atoms with Gasteiger partial charge >= 0.3 is 0 Å². The minimum Gasteiger partial charge on any atom is -0.383 e. The normalized spacial score (nSPS) is 12.4. The molecule has 2 N–H and O–H groups in total. The highest BCUT2D eigenvalue weighted by Crippen LogP contribution is 2.13. The van der Waals surface area contributed by atoms with Crippen LogP contribution < -0.4 is 5.73 Å². The van der Waals surface area contributed by atoms with E-state index in [1.54, 1.807) is 23.3 Å². The standard InChI is InChI=1S/C12H20N2O3S/c1-16-6-5-14(9-10-4-3-7-18-10)12(15)11(8-13)17-2/h3-4,7,11H,5-6,8-9,13H2,1-2H3. The zero-order valence-electron chi connectivity index (χ0n) is 10.8. The highest BCUT2D eigenvalue weighted by Gasteiger charge is 2.23. The smallest absolute Gasteiger partial charge is 0.253 e. The molecule has 1 amide bonds. The van der Waals surface area contributed by atoms with E-state index in [1.165, 1.54) is 7.11 Å². The van der Waals surface area contributed by atoms with Crippen molar-refractivity contribution in [3.63, 3.8) is 0 Å². The molecule has 1 heterocycles. The van der Waals surface area contributed by atoms with Crippen LogP contribution >= 0.6 is 11.3 Å². The van der Waals surface area contributed by atoms with E-state index in [0.717, 1.165) is 4.88 Å². The summed E-state index contributed by atoms with van der Waals surface area (Å²) in [5.74, 6) is -0.0922. The lowest BCUT2D eigenvalue weighted by atomic mass is 10.3. The Labute approximate surface area is 111 Å². The molecule has 1 atom stereocenters. The number of nitrogens with two attached hydrogens (primary N) is 1. The third-order valence-electron chi connectivity index (χ3n) is 2.58. The van der Waals surface area contributed by atoms with E-state index >= 15 is 0 Å². The first kappa shape index (κ1) is 15.1. The Morgan fingerprint density at radius 3 is 2.83 bits per heavy atom. The third kappa shape index (κ3) is 4.38. The number of carbonyl (C=O) groups is 1. The average molecular weight is 272 g/mol. The van der Waals surface area contributed by atoms with Crippen LogP contribution in [0.2, 0.25) is 0 Å². The summed E-state index contributed by atoms with van der Waals surface area (Å²) >= 11 is 1.62. The van der Waals surface area contributed by atoms with Crippen molar-refractivity contribution in [1.82, 2.24) is 4.90 Å². The van der Waals surface area contributed by atoms with Crippen molar-refractivity contribution in [3.8, 4) is 0 Å². The van der Waals surface area contributed by atoms with Gasteiger partial charge in [0.15, 0.2) is 0 Å². The molecule has 1 aromatic heterocycles. The fourth-order valence-corrected chi connectivity index (χ4v) is 2.28. The molecule has 18 heavy (non-hydrogen) atoms. The van der Waals surface area contributed by atoms with Crippen molar-refractivity contribution in [2.75, 3.05) is 33.9 Å².